The zero-order valence-corrected chi connectivity index (χ0v) is 10.1. The summed E-state index contributed by atoms with van der Waals surface area (Å²) in [6.45, 7) is 2.15. The lowest BCUT2D eigenvalue weighted by molar-refractivity contribution is -0.139. The number of aromatic amines is 1. The summed E-state index contributed by atoms with van der Waals surface area (Å²) in [5.41, 5.74) is 0.536. The molecule has 1 atom stereocenters. The number of aliphatic hydroxyl groups is 1. The van der Waals surface area contributed by atoms with Crippen LogP contribution in [0.1, 0.15) is 11.4 Å². The Labute approximate surface area is 97.7 Å². The third kappa shape index (κ3) is 2.81. The number of aliphatic carboxylic acids is 1. The highest BCUT2D eigenvalue weighted by Gasteiger charge is 2.28. The molecule has 0 amide bonds. The van der Waals surface area contributed by atoms with Crippen molar-refractivity contribution < 1.29 is 23.4 Å². The Bertz CT molecular complexity index is 502. The lowest BCUT2D eigenvalue weighted by Gasteiger charge is -2.12. The van der Waals surface area contributed by atoms with Gasteiger partial charge in [-0.05, 0) is 13.8 Å². The minimum atomic E-state index is -4.02. The first-order chi connectivity index (χ1) is 7.79. The van der Waals surface area contributed by atoms with Crippen LogP contribution < -0.4 is 4.72 Å². The molecule has 4 N–H and O–H groups in total. The first-order valence-electron chi connectivity index (χ1n) is 4.67. The molecular formula is C8H13N3O5S. The lowest BCUT2D eigenvalue weighted by Crippen LogP contribution is -2.43. The molecule has 0 spiro atoms. The van der Waals surface area contributed by atoms with Crippen molar-refractivity contribution in [2.75, 3.05) is 6.61 Å². The third-order valence-electron chi connectivity index (χ3n) is 2.11. The number of aliphatic hydroxyl groups excluding tert-OH is 1. The molecule has 0 radical (unpaired) electrons. The Kier molecular flexibility index (Phi) is 3.86. The van der Waals surface area contributed by atoms with Gasteiger partial charge in [0.2, 0.25) is 10.0 Å². The second kappa shape index (κ2) is 4.82. The van der Waals surface area contributed by atoms with Gasteiger partial charge in [-0.15, -0.1) is 0 Å². The average molecular weight is 263 g/mol. The number of nitrogens with one attached hydrogen (secondary N) is 2. The molecular weight excluding hydrogens is 250 g/mol. The molecule has 0 fully saturated rings. The van der Waals surface area contributed by atoms with Gasteiger partial charge in [0.05, 0.1) is 18.0 Å². The fourth-order valence-corrected chi connectivity index (χ4v) is 2.90. The molecule has 9 heteroatoms. The van der Waals surface area contributed by atoms with E-state index in [-0.39, 0.29) is 10.6 Å². The molecule has 0 saturated heterocycles. The quantitative estimate of drug-likeness (QED) is 0.524. The number of H-pyrrole nitrogens is 1. The van der Waals surface area contributed by atoms with E-state index in [1.54, 1.807) is 0 Å². The van der Waals surface area contributed by atoms with Crippen LogP contribution in [0.25, 0.3) is 0 Å². The highest BCUT2D eigenvalue weighted by molar-refractivity contribution is 7.89. The predicted octanol–water partition coefficient (Wildman–Crippen LogP) is -1.25. The summed E-state index contributed by atoms with van der Waals surface area (Å²) in [7, 11) is -4.02. The number of sulfonamides is 1. The van der Waals surface area contributed by atoms with E-state index in [0.717, 1.165) is 0 Å². The van der Waals surface area contributed by atoms with Gasteiger partial charge in [0.15, 0.2) is 0 Å². The van der Waals surface area contributed by atoms with Crippen LogP contribution >= 0.6 is 0 Å². The van der Waals surface area contributed by atoms with Crippen molar-refractivity contribution in [1.29, 1.82) is 0 Å². The number of carbonyl (C=O) groups is 1. The largest absolute Gasteiger partial charge is 0.480 e. The van der Waals surface area contributed by atoms with Crippen molar-refractivity contribution >= 4 is 16.0 Å². The van der Waals surface area contributed by atoms with Gasteiger partial charge in [0, 0.05) is 0 Å². The molecule has 1 rings (SSSR count). The van der Waals surface area contributed by atoms with Crippen molar-refractivity contribution in [2.45, 2.75) is 24.8 Å². The Balaban J connectivity index is 3.09. The number of aryl methyl sites for hydroxylation is 2. The molecule has 0 aliphatic rings. The smallest absolute Gasteiger partial charge is 0.324 e. The standard InChI is InChI=1S/C8H13N3O5S/c1-4-7(5(2)10-9-4)17(15,16)11-6(3-12)8(13)14/h6,11-12H,3H2,1-2H3,(H,9,10)(H,13,14)/t6-/m1/s1. The van der Waals surface area contributed by atoms with E-state index in [1.807, 2.05) is 4.72 Å². The van der Waals surface area contributed by atoms with Gasteiger partial charge in [-0.3, -0.25) is 9.89 Å². The second-order valence-corrected chi connectivity index (χ2v) is 5.11. The summed E-state index contributed by atoms with van der Waals surface area (Å²) in [4.78, 5) is 10.5. The zero-order valence-electron chi connectivity index (χ0n) is 9.26. The first kappa shape index (κ1) is 13.6. The maximum atomic E-state index is 11.9. The van der Waals surface area contributed by atoms with Crippen molar-refractivity contribution in [1.82, 2.24) is 14.9 Å². The fraction of sp³-hybridized carbons (Fsp3) is 0.500. The second-order valence-electron chi connectivity index (χ2n) is 3.46. The number of hydrogen-bond donors (Lipinski definition) is 4. The first-order valence-corrected chi connectivity index (χ1v) is 6.15. The highest BCUT2D eigenvalue weighted by atomic mass is 32.2. The molecule has 1 heterocycles. The number of nitrogens with zero attached hydrogens (tertiary/aromatic N) is 1. The van der Waals surface area contributed by atoms with Crippen LogP contribution in [-0.2, 0) is 14.8 Å². The molecule has 1 aromatic heterocycles. The van der Waals surface area contributed by atoms with Crippen molar-refractivity contribution in [3.63, 3.8) is 0 Å². The van der Waals surface area contributed by atoms with E-state index in [1.165, 1.54) is 13.8 Å². The molecule has 8 nitrogen and oxygen atoms in total. The summed E-state index contributed by atoms with van der Waals surface area (Å²) in [5.74, 6) is -1.45. The van der Waals surface area contributed by atoms with Crippen molar-refractivity contribution in [2.24, 2.45) is 0 Å². The molecule has 1 aromatic rings. The number of aromatic nitrogens is 2. The molecule has 96 valence electrons. The van der Waals surface area contributed by atoms with Crippen LogP contribution in [0, 0.1) is 13.8 Å². The van der Waals surface area contributed by atoms with E-state index in [2.05, 4.69) is 10.2 Å². The molecule has 0 aromatic carbocycles. The number of hydrogen-bond acceptors (Lipinski definition) is 5. The van der Waals surface area contributed by atoms with Crippen LogP contribution in [0.3, 0.4) is 0 Å². The van der Waals surface area contributed by atoms with E-state index in [9.17, 15) is 13.2 Å². The molecule has 0 bridgehead atoms. The summed E-state index contributed by atoms with van der Waals surface area (Å²) in [6.07, 6.45) is 0. The summed E-state index contributed by atoms with van der Waals surface area (Å²) in [5, 5.41) is 23.6. The average Bonchev–Trinajstić information content (AvgIpc) is 2.55. The normalized spacial score (nSPS) is 13.6. The predicted molar refractivity (Wildman–Crippen MR) is 56.9 cm³/mol. The van der Waals surface area contributed by atoms with Crippen molar-refractivity contribution in [3.8, 4) is 0 Å². The SMILES string of the molecule is Cc1n[nH]c(C)c1S(=O)(=O)N[C@H](CO)C(=O)O. The zero-order chi connectivity index (χ0) is 13.2. The van der Waals surface area contributed by atoms with Gasteiger partial charge >= 0.3 is 5.97 Å². The van der Waals surface area contributed by atoms with Gasteiger partial charge in [-0.2, -0.15) is 9.82 Å². The summed E-state index contributed by atoms with van der Waals surface area (Å²) >= 11 is 0. The monoisotopic (exact) mass is 263 g/mol. The van der Waals surface area contributed by atoms with Gasteiger partial charge in [-0.25, -0.2) is 8.42 Å². The highest BCUT2D eigenvalue weighted by Crippen LogP contribution is 2.16. The third-order valence-corrected chi connectivity index (χ3v) is 3.84. The molecule has 0 aliphatic carbocycles. The number of carboxylic acid groups (broad SMARTS) is 1. The molecule has 0 saturated carbocycles. The van der Waals surface area contributed by atoms with E-state index in [0.29, 0.717) is 5.69 Å². The number of rotatable bonds is 5. The molecule has 0 aliphatic heterocycles. The summed E-state index contributed by atoms with van der Waals surface area (Å²) < 4.78 is 25.6. The van der Waals surface area contributed by atoms with Gasteiger partial charge in [0.25, 0.3) is 0 Å². The van der Waals surface area contributed by atoms with Gasteiger partial charge in [-0.1, -0.05) is 0 Å². The maximum Gasteiger partial charge on any atom is 0.324 e. The Morgan fingerprint density at radius 2 is 2.12 bits per heavy atom. The minimum Gasteiger partial charge on any atom is -0.480 e. The van der Waals surface area contributed by atoms with Crippen LogP contribution in [0.5, 0.6) is 0 Å². The van der Waals surface area contributed by atoms with E-state index < -0.39 is 28.6 Å². The van der Waals surface area contributed by atoms with Crippen LogP contribution in [0.15, 0.2) is 4.90 Å². The topological polar surface area (TPSA) is 132 Å². The minimum absolute atomic E-state index is 0.0998. The van der Waals surface area contributed by atoms with Crippen LogP contribution in [0.2, 0.25) is 0 Å². The Morgan fingerprint density at radius 3 is 2.47 bits per heavy atom. The van der Waals surface area contributed by atoms with Crippen molar-refractivity contribution in [3.05, 3.63) is 11.4 Å². The Hall–Kier alpha value is -1.45. The van der Waals surface area contributed by atoms with Crippen LogP contribution in [-0.4, -0.2) is 47.4 Å². The van der Waals surface area contributed by atoms with Gasteiger partial charge < -0.3 is 10.2 Å². The fourth-order valence-electron chi connectivity index (χ4n) is 1.35. The lowest BCUT2D eigenvalue weighted by atomic mass is 10.3. The Morgan fingerprint density at radius 1 is 1.53 bits per heavy atom. The van der Waals surface area contributed by atoms with E-state index >= 15 is 0 Å². The molecule has 0 unspecified atom stereocenters. The van der Waals surface area contributed by atoms with Crippen LogP contribution in [0.4, 0.5) is 0 Å². The van der Waals surface area contributed by atoms with Gasteiger partial charge in [0.1, 0.15) is 10.9 Å². The van der Waals surface area contributed by atoms with E-state index in [4.69, 9.17) is 10.2 Å². The maximum absolute atomic E-state index is 11.9. The molecule has 17 heavy (non-hydrogen) atoms. The number of carboxylic acids is 1. The summed E-state index contributed by atoms with van der Waals surface area (Å²) in [6, 6.07) is -1.58.